The molecular weight excluding hydrogens is 545 g/mol. The summed E-state index contributed by atoms with van der Waals surface area (Å²) >= 11 is 12.1. The number of amides is 2. The molecule has 0 aliphatic heterocycles. The lowest BCUT2D eigenvalue weighted by molar-refractivity contribution is -0.139. The zero-order valence-corrected chi connectivity index (χ0v) is 23.8. The van der Waals surface area contributed by atoms with E-state index in [9.17, 15) is 18.0 Å². The molecule has 0 saturated carbocycles. The van der Waals surface area contributed by atoms with Gasteiger partial charge in [0.25, 0.3) is 10.0 Å². The van der Waals surface area contributed by atoms with Gasteiger partial charge in [0.2, 0.25) is 11.8 Å². The highest BCUT2D eigenvalue weighted by Crippen LogP contribution is 2.27. The van der Waals surface area contributed by atoms with Gasteiger partial charge in [0.15, 0.2) is 0 Å². The fraction of sp³-hybridized carbons (Fsp3) is 0.286. The lowest BCUT2D eigenvalue weighted by Gasteiger charge is -2.32. The normalized spacial score (nSPS) is 12.9. The van der Waals surface area contributed by atoms with Gasteiger partial charge < -0.3 is 10.2 Å². The SMILES string of the molecule is CC[C@@H](C)NC(=O)[C@H](C)N(Cc1ccccc1)C(=O)CN(c1cccc(Cl)c1)S(=O)(=O)c1ccc(Cl)cc1. The fourth-order valence-electron chi connectivity index (χ4n) is 3.72. The van der Waals surface area contributed by atoms with Crippen LogP contribution in [-0.4, -0.2) is 43.8 Å². The van der Waals surface area contributed by atoms with Gasteiger partial charge in [0.05, 0.1) is 10.6 Å². The molecule has 0 saturated heterocycles. The van der Waals surface area contributed by atoms with Crippen molar-refractivity contribution >= 4 is 50.7 Å². The first-order chi connectivity index (χ1) is 18.0. The van der Waals surface area contributed by atoms with Crippen LogP contribution in [0, 0.1) is 0 Å². The molecule has 7 nitrogen and oxygen atoms in total. The predicted octanol–water partition coefficient (Wildman–Crippen LogP) is 5.52. The summed E-state index contributed by atoms with van der Waals surface area (Å²) in [6.45, 7) is 5.05. The van der Waals surface area contributed by atoms with Gasteiger partial charge in [0, 0.05) is 22.6 Å². The van der Waals surface area contributed by atoms with E-state index in [2.05, 4.69) is 5.32 Å². The van der Waals surface area contributed by atoms with E-state index in [-0.39, 0.29) is 29.1 Å². The largest absolute Gasteiger partial charge is 0.352 e. The van der Waals surface area contributed by atoms with Crippen LogP contribution in [-0.2, 0) is 26.2 Å². The predicted molar refractivity (Wildman–Crippen MR) is 152 cm³/mol. The summed E-state index contributed by atoms with van der Waals surface area (Å²) in [6.07, 6.45) is 0.729. The van der Waals surface area contributed by atoms with Gasteiger partial charge in [-0.3, -0.25) is 13.9 Å². The van der Waals surface area contributed by atoms with Gasteiger partial charge in [-0.1, -0.05) is 66.5 Å². The number of rotatable bonds is 11. The molecule has 1 N–H and O–H groups in total. The van der Waals surface area contributed by atoms with Gasteiger partial charge in [-0.05, 0) is 68.3 Å². The number of sulfonamides is 1. The van der Waals surface area contributed by atoms with E-state index in [0.717, 1.165) is 16.3 Å². The molecule has 3 aromatic rings. The van der Waals surface area contributed by atoms with E-state index in [4.69, 9.17) is 23.2 Å². The molecule has 202 valence electrons. The minimum absolute atomic E-state index is 0.0353. The quantitative estimate of drug-likeness (QED) is 0.326. The number of carbonyl (C=O) groups is 2. The van der Waals surface area contributed by atoms with E-state index in [1.165, 1.54) is 35.2 Å². The van der Waals surface area contributed by atoms with E-state index in [1.807, 2.05) is 44.2 Å². The third kappa shape index (κ3) is 7.49. The summed E-state index contributed by atoms with van der Waals surface area (Å²) in [4.78, 5) is 28.2. The first kappa shape index (κ1) is 29.5. The molecule has 3 rings (SSSR count). The Hall–Kier alpha value is -3.07. The molecule has 0 aliphatic carbocycles. The van der Waals surface area contributed by atoms with Crippen LogP contribution < -0.4 is 9.62 Å². The Morgan fingerprint density at radius 3 is 2.16 bits per heavy atom. The van der Waals surface area contributed by atoms with Gasteiger partial charge in [-0.2, -0.15) is 0 Å². The highest BCUT2D eigenvalue weighted by Gasteiger charge is 2.32. The van der Waals surface area contributed by atoms with Crippen LogP contribution in [0.4, 0.5) is 5.69 Å². The molecule has 0 aliphatic rings. The lowest BCUT2D eigenvalue weighted by Crippen LogP contribution is -2.52. The number of benzene rings is 3. The molecule has 0 bridgehead atoms. The Kier molecular flexibility index (Phi) is 10.2. The summed E-state index contributed by atoms with van der Waals surface area (Å²) in [5, 5.41) is 3.60. The molecule has 0 fully saturated rings. The molecule has 3 aromatic carbocycles. The van der Waals surface area contributed by atoms with Crippen LogP contribution in [0.5, 0.6) is 0 Å². The second-order valence-corrected chi connectivity index (χ2v) is 11.7. The minimum atomic E-state index is -4.19. The molecule has 0 aromatic heterocycles. The molecule has 38 heavy (non-hydrogen) atoms. The van der Waals surface area contributed by atoms with Gasteiger partial charge in [-0.25, -0.2) is 8.42 Å². The summed E-state index contributed by atoms with van der Waals surface area (Å²) in [7, 11) is -4.19. The van der Waals surface area contributed by atoms with Crippen molar-refractivity contribution in [1.29, 1.82) is 0 Å². The Bertz CT molecular complexity index is 1350. The molecule has 2 amide bonds. The molecule has 0 heterocycles. The number of carbonyl (C=O) groups excluding carboxylic acids is 2. The Morgan fingerprint density at radius 1 is 0.895 bits per heavy atom. The topological polar surface area (TPSA) is 86.8 Å². The molecule has 0 radical (unpaired) electrons. The zero-order chi connectivity index (χ0) is 27.9. The highest BCUT2D eigenvalue weighted by molar-refractivity contribution is 7.92. The van der Waals surface area contributed by atoms with Gasteiger partial charge in [-0.15, -0.1) is 0 Å². The summed E-state index contributed by atoms with van der Waals surface area (Å²) in [5.74, 6) is -0.864. The second kappa shape index (κ2) is 13.1. The Balaban J connectivity index is 2.01. The number of hydrogen-bond acceptors (Lipinski definition) is 4. The van der Waals surface area contributed by atoms with Crippen LogP contribution in [0.1, 0.15) is 32.8 Å². The van der Waals surface area contributed by atoms with E-state index >= 15 is 0 Å². The number of hydrogen-bond donors (Lipinski definition) is 1. The third-order valence-corrected chi connectivity index (χ3v) is 8.42. The molecule has 0 unspecified atom stereocenters. The average molecular weight is 577 g/mol. The first-order valence-corrected chi connectivity index (χ1v) is 14.4. The number of halogens is 2. The Labute approximate surface area is 234 Å². The van der Waals surface area contributed by atoms with Crippen molar-refractivity contribution in [3.8, 4) is 0 Å². The van der Waals surface area contributed by atoms with Crippen LogP contribution >= 0.6 is 23.2 Å². The number of anilines is 1. The van der Waals surface area contributed by atoms with Crippen molar-refractivity contribution in [2.75, 3.05) is 10.8 Å². The van der Waals surface area contributed by atoms with Crippen molar-refractivity contribution in [3.05, 3.63) is 94.5 Å². The lowest BCUT2D eigenvalue weighted by atomic mass is 10.1. The molecule has 0 spiro atoms. The first-order valence-electron chi connectivity index (χ1n) is 12.2. The van der Waals surface area contributed by atoms with Gasteiger partial charge >= 0.3 is 0 Å². The van der Waals surface area contributed by atoms with Crippen LogP contribution in [0.2, 0.25) is 10.0 Å². The van der Waals surface area contributed by atoms with E-state index in [0.29, 0.717) is 10.0 Å². The van der Waals surface area contributed by atoms with Crippen LogP contribution in [0.15, 0.2) is 83.8 Å². The summed E-state index contributed by atoms with van der Waals surface area (Å²) < 4.78 is 28.5. The fourth-order valence-corrected chi connectivity index (χ4v) is 5.44. The smallest absolute Gasteiger partial charge is 0.264 e. The minimum Gasteiger partial charge on any atom is -0.352 e. The maximum Gasteiger partial charge on any atom is 0.264 e. The third-order valence-electron chi connectivity index (χ3n) is 6.14. The van der Waals surface area contributed by atoms with Crippen molar-refractivity contribution in [1.82, 2.24) is 10.2 Å². The van der Waals surface area contributed by atoms with Crippen LogP contribution in [0.3, 0.4) is 0 Å². The molecule has 10 heteroatoms. The van der Waals surface area contributed by atoms with E-state index < -0.39 is 28.5 Å². The van der Waals surface area contributed by atoms with Crippen molar-refractivity contribution < 1.29 is 18.0 Å². The van der Waals surface area contributed by atoms with Crippen molar-refractivity contribution in [2.24, 2.45) is 0 Å². The standard InChI is InChI=1S/C28H31Cl2N3O4S/c1-4-20(2)31-28(35)21(3)32(18-22-9-6-5-7-10-22)27(34)19-33(25-12-8-11-24(30)17-25)38(36,37)26-15-13-23(29)14-16-26/h5-17,20-21H,4,18-19H2,1-3H3,(H,31,35)/t20-,21+/m1/s1. The summed E-state index contributed by atoms with van der Waals surface area (Å²) in [6, 6.07) is 20.2. The average Bonchev–Trinajstić information content (AvgIpc) is 2.90. The zero-order valence-electron chi connectivity index (χ0n) is 21.5. The Morgan fingerprint density at radius 2 is 1.55 bits per heavy atom. The monoisotopic (exact) mass is 575 g/mol. The van der Waals surface area contributed by atoms with Gasteiger partial charge in [0.1, 0.15) is 12.6 Å². The molecule has 2 atom stereocenters. The summed E-state index contributed by atoms with van der Waals surface area (Å²) in [5.41, 5.74) is 1.02. The van der Waals surface area contributed by atoms with Crippen molar-refractivity contribution in [2.45, 2.75) is 50.7 Å². The number of nitrogens with one attached hydrogen (secondary N) is 1. The van der Waals surface area contributed by atoms with Crippen molar-refractivity contribution in [3.63, 3.8) is 0 Å². The second-order valence-electron chi connectivity index (χ2n) is 8.95. The van der Waals surface area contributed by atoms with E-state index in [1.54, 1.807) is 25.1 Å². The maximum absolute atomic E-state index is 13.8. The van der Waals surface area contributed by atoms with Crippen LogP contribution in [0.25, 0.3) is 0 Å². The maximum atomic E-state index is 13.8. The molecular formula is C28H31Cl2N3O4S. The highest BCUT2D eigenvalue weighted by atomic mass is 35.5. The number of nitrogens with zero attached hydrogens (tertiary/aromatic N) is 2.